The summed E-state index contributed by atoms with van der Waals surface area (Å²) in [5.41, 5.74) is 9.51. The number of halogens is 2. The number of nitriles is 1. The molecule has 0 radical (unpaired) electrons. The zero-order valence-corrected chi connectivity index (χ0v) is 21.3. The topological polar surface area (TPSA) is 94.6 Å². The Morgan fingerprint density at radius 2 is 1.62 bits per heavy atom. The maximum absolute atomic E-state index is 13.1. The highest BCUT2D eigenvalue weighted by atomic mass is 35.5. The molecule has 194 valence electrons. The number of ether oxygens (including phenoxy) is 3. The summed E-state index contributed by atoms with van der Waals surface area (Å²) < 4.78 is 30.2. The van der Waals surface area contributed by atoms with Crippen molar-refractivity contribution in [2.75, 3.05) is 0 Å². The maximum Gasteiger partial charge on any atom is 0.315 e. The van der Waals surface area contributed by atoms with E-state index in [2.05, 4.69) is 6.07 Å². The summed E-state index contributed by atoms with van der Waals surface area (Å²) in [6.45, 7) is 0.287. The van der Waals surface area contributed by atoms with Gasteiger partial charge in [0.2, 0.25) is 5.88 Å². The predicted octanol–water partition coefficient (Wildman–Crippen LogP) is 6.42. The van der Waals surface area contributed by atoms with Crippen LogP contribution in [-0.4, -0.2) is 5.97 Å². The first-order valence-electron chi connectivity index (χ1n) is 12.0. The van der Waals surface area contributed by atoms with Crippen LogP contribution in [0.15, 0.2) is 102 Å². The fourth-order valence-corrected chi connectivity index (χ4v) is 4.41. The minimum Gasteiger partial charge on any atom is -0.489 e. The van der Waals surface area contributed by atoms with Crippen molar-refractivity contribution < 1.29 is 23.4 Å². The molecule has 0 aliphatic carbocycles. The minimum absolute atomic E-state index is 0.0173. The van der Waals surface area contributed by atoms with Crippen LogP contribution in [0.25, 0.3) is 0 Å². The average molecular weight is 541 g/mol. The third-order valence-electron chi connectivity index (χ3n) is 6.22. The number of hydrogen-bond acceptors (Lipinski definition) is 6. The van der Waals surface area contributed by atoms with Crippen molar-refractivity contribution in [2.24, 2.45) is 5.73 Å². The molecule has 1 aliphatic rings. The van der Waals surface area contributed by atoms with Crippen LogP contribution in [0.1, 0.15) is 28.2 Å². The van der Waals surface area contributed by atoms with E-state index in [-0.39, 0.29) is 30.3 Å². The van der Waals surface area contributed by atoms with Crippen LogP contribution >= 0.6 is 11.6 Å². The summed E-state index contributed by atoms with van der Waals surface area (Å²) in [4.78, 5) is 12.5. The van der Waals surface area contributed by atoms with Crippen LogP contribution in [0.4, 0.5) is 4.39 Å². The molecule has 0 saturated heterocycles. The van der Waals surface area contributed by atoms with Crippen molar-refractivity contribution in [3.8, 4) is 23.3 Å². The number of carbonyl (C=O) groups excluding carboxylic acids is 1. The van der Waals surface area contributed by atoms with Crippen molar-refractivity contribution in [1.29, 1.82) is 5.26 Å². The lowest BCUT2D eigenvalue weighted by Crippen LogP contribution is -2.21. The maximum atomic E-state index is 13.1. The number of benzene rings is 4. The van der Waals surface area contributed by atoms with Gasteiger partial charge in [-0.1, -0.05) is 54.1 Å². The molecule has 39 heavy (non-hydrogen) atoms. The van der Waals surface area contributed by atoms with E-state index in [1.807, 2.05) is 12.1 Å². The second-order valence-electron chi connectivity index (χ2n) is 8.89. The first-order valence-corrected chi connectivity index (χ1v) is 12.4. The lowest BCUT2D eigenvalue weighted by molar-refractivity contribution is -0.133. The van der Waals surface area contributed by atoms with Crippen LogP contribution in [0.2, 0.25) is 5.02 Å². The highest BCUT2D eigenvalue weighted by Crippen LogP contribution is 2.43. The van der Waals surface area contributed by atoms with E-state index in [0.717, 1.165) is 16.7 Å². The summed E-state index contributed by atoms with van der Waals surface area (Å²) in [5, 5.41) is 10.4. The molecule has 1 atom stereocenters. The Morgan fingerprint density at radius 3 is 2.31 bits per heavy atom. The SMILES string of the molecule is N#CC1=C(N)Oc2cc(OC(=O)Cc3ccc(Cl)cc3)ccc2C1c1ccc(OCc2ccc(F)cc2)cc1. The van der Waals surface area contributed by atoms with E-state index in [0.29, 0.717) is 27.8 Å². The number of rotatable bonds is 7. The summed E-state index contributed by atoms with van der Waals surface area (Å²) in [6, 6.07) is 27.5. The van der Waals surface area contributed by atoms with E-state index in [1.54, 1.807) is 66.7 Å². The number of allylic oxidation sites excluding steroid dienone is 1. The van der Waals surface area contributed by atoms with Gasteiger partial charge >= 0.3 is 5.97 Å². The highest BCUT2D eigenvalue weighted by Gasteiger charge is 2.31. The van der Waals surface area contributed by atoms with Crippen molar-refractivity contribution in [3.05, 3.63) is 136 Å². The second-order valence-corrected chi connectivity index (χ2v) is 9.32. The number of hydrogen-bond donors (Lipinski definition) is 1. The van der Waals surface area contributed by atoms with Gasteiger partial charge in [-0.2, -0.15) is 5.26 Å². The molecule has 0 amide bonds. The third-order valence-corrected chi connectivity index (χ3v) is 6.47. The van der Waals surface area contributed by atoms with Crippen LogP contribution in [-0.2, 0) is 17.8 Å². The van der Waals surface area contributed by atoms with Crippen LogP contribution in [0, 0.1) is 17.1 Å². The van der Waals surface area contributed by atoms with Gasteiger partial charge in [-0.3, -0.25) is 4.79 Å². The third kappa shape index (κ3) is 6.03. The zero-order valence-electron chi connectivity index (χ0n) is 20.6. The minimum atomic E-state index is -0.483. The Bertz CT molecular complexity index is 1580. The Labute approximate surface area is 229 Å². The standard InChI is InChI=1S/C31H22ClFN2O4/c32-22-7-1-19(2-8-22)15-29(36)38-25-13-14-26-28(16-25)39-31(35)27(17-34)30(26)21-5-11-24(12-6-21)37-18-20-3-9-23(33)10-4-20/h1-14,16,30H,15,18,35H2. The number of carbonyl (C=O) groups is 1. The van der Waals surface area contributed by atoms with Crippen molar-refractivity contribution in [3.63, 3.8) is 0 Å². The molecule has 0 bridgehead atoms. The molecule has 5 rings (SSSR count). The van der Waals surface area contributed by atoms with Crippen molar-refractivity contribution in [1.82, 2.24) is 0 Å². The Kier molecular flexibility index (Phi) is 7.48. The molecule has 1 aliphatic heterocycles. The molecule has 0 aromatic heterocycles. The van der Waals surface area contributed by atoms with E-state index in [9.17, 15) is 14.4 Å². The Balaban J connectivity index is 1.33. The molecular formula is C31H22ClFN2O4. The number of nitrogens with zero attached hydrogens (tertiary/aromatic N) is 1. The predicted molar refractivity (Wildman–Crippen MR) is 144 cm³/mol. The van der Waals surface area contributed by atoms with Crippen LogP contribution in [0.3, 0.4) is 0 Å². The largest absolute Gasteiger partial charge is 0.489 e. The molecule has 4 aromatic rings. The van der Waals surface area contributed by atoms with Crippen molar-refractivity contribution in [2.45, 2.75) is 18.9 Å². The summed E-state index contributed by atoms with van der Waals surface area (Å²) >= 11 is 5.90. The van der Waals surface area contributed by atoms with E-state index < -0.39 is 11.9 Å². The summed E-state index contributed by atoms with van der Waals surface area (Å²) in [5.74, 6) is 0.0636. The highest BCUT2D eigenvalue weighted by molar-refractivity contribution is 6.30. The van der Waals surface area contributed by atoms with Gasteiger partial charge < -0.3 is 19.9 Å². The lowest BCUT2D eigenvalue weighted by atomic mass is 9.83. The Morgan fingerprint density at radius 1 is 0.949 bits per heavy atom. The van der Waals surface area contributed by atoms with Crippen LogP contribution < -0.4 is 19.9 Å². The van der Waals surface area contributed by atoms with Gasteiger partial charge in [0.15, 0.2) is 0 Å². The normalized spacial score (nSPS) is 14.1. The monoisotopic (exact) mass is 540 g/mol. The quantitative estimate of drug-likeness (QED) is 0.214. The number of esters is 1. The van der Waals surface area contributed by atoms with E-state index >= 15 is 0 Å². The molecule has 0 saturated carbocycles. The molecule has 1 unspecified atom stereocenters. The summed E-state index contributed by atoms with van der Waals surface area (Å²) in [6.07, 6.45) is 0.0773. The summed E-state index contributed by atoms with van der Waals surface area (Å²) in [7, 11) is 0. The number of fused-ring (bicyclic) bond motifs is 1. The molecule has 2 N–H and O–H groups in total. The molecule has 0 fully saturated rings. The molecule has 0 spiro atoms. The van der Waals surface area contributed by atoms with Gasteiger partial charge in [-0.25, -0.2) is 4.39 Å². The Hall–Kier alpha value is -4.80. The van der Waals surface area contributed by atoms with Crippen LogP contribution in [0.5, 0.6) is 17.2 Å². The number of nitrogens with two attached hydrogens (primary N) is 1. The molecule has 8 heteroatoms. The zero-order chi connectivity index (χ0) is 27.4. The van der Waals surface area contributed by atoms with E-state index in [1.165, 1.54) is 12.1 Å². The van der Waals surface area contributed by atoms with Gasteiger partial charge in [-0.15, -0.1) is 0 Å². The first kappa shape index (κ1) is 25.8. The molecule has 4 aromatic carbocycles. The molecule has 6 nitrogen and oxygen atoms in total. The van der Waals surface area contributed by atoms with Gasteiger partial charge in [-0.05, 0) is 59.2 Å². The average Bonchev–Trinajstić information content (AvgIpc) is 2.93. The molecule has 1 heterocycles. The fraction of sp³-hybridized carbons (Fsp3) is 0.0968. The van der Waals surface area contributed by atoms with Gasteiger partial charge in [0.05, 0.1) is 12.3 Å². The smallest absolute Gasteiger partial charge is 0.315 e. The van der Waals surface area contributed by atoms with E-state index in [4.69, 9.17) is 31.5 Å². The fourth-order valence-electron chi connectivity index (χ4n) is 4.28. The van der Waals surface area contributed by atoms with Gasteiger partial charge in [0, 0.05) is 16.7 Å². The first-order chi connectivity index (χ1) is 18.9. The van der Waals surface area contributed by atoms with Gasteiger partial charge in [0.1, 0.15) is 41.3 Å². The molecular weight excluding hydrogens is 519 g/mol. The second kappa shape index (κ2) is 11.3. The van der Waals surface area contributed by atoms with Gasteiger partial charge in [0.25, 0.3) is 0 Å². The van der Waals surface area contributed by atoms with Crippen molar-refractivity contribution >= 4 is 17.6 Å². The lowest BCUT2D eigenvalue weighted by Gasteiger charge is -2.26.